The number of nitrogens with zero attached hydrogens (tertiary/aromatic N) is 1. The van der Waals surface area contributed by atoms with E-state index in [0.29, 0.717) is 5.56 Å². The fourth-order valence-electron chi connectivity index (χ4n) is 2.72. The van der Waals surface area contributed by atoms with Crippen molar-refractivity contribution in [2.24, 2.45) is 0 Å². The third kappa shape index (κ3) is 6.88. The summed E-state index contributed by atoms with van der Waals surface area (Å²) in [5.74, 6) is -1.04. The second-order valence-electron chi connectivity index (χ2n) is 6.52. The lowest BCUT2D eigenvalue weighted by atomic mass is 10.0. The lowest BCUT2D eigenvalue weighted by molar-refractivity contribution is -0.384. The Morgan fingerprint density at radius 3 is 2.38 bits per heavy atom. The largest absolute Gasteiger partial charge is 0.449 e. The molecule has 0 saturated carbocycles. The molecule has 0 bridgehead atoms. The fraction of sp³-hybridized carbons (Fsp3) is 0.273. The molecule has 0 spiro atoms. The lowest BCUT2D eigenvalue weighted by Crippen LogP contribution is -2.38. The predicted molar refractivity (Wildman–Crippen MR) is 110 cm³/mol. The van der Waals surface area contributed by atoms with Crippen LogP contribution in [-0.4, -0.2) is 22.9 Å². The van der Waals surface area contributed by atoms with Crippen LogP contribution in [0.25, 0.3) is 6.08 Å². The minimum absolute atomic E-state index is 0.0323. The summed E-state index contributed by atoms with van der Waals surface area (Å²) in [7, 11) is 0. The molecule has 0 fully saturated rings. The van der Waals surface area contributed by atoms with Crippen LogP contribution in [0.15, 0.2) is 60.7 Å². The zero-order valence-corrected chi connectivity index (χ0v) is 16.4. The molecular weight excluding hydrogens is 372 g/mol. The molecule has 1 N–H and O–H groups in total. The first-order valence-corrected chi connectivity index (χ1v) is 9.39. The van der Waals surface area contributed by atoms with Crippen molar-refractivity contribution in [2.45, 2.75) is 38.8 Å². The van der Waals surface area contributed by atoms with E-state index in [0.717, 1.165) is 18.4 Å². The first-order valence-electron chi connectivity index (χ1n) is 9.39. The van der Waals surface area contributed by atoms with E-state index in [4.69, 9.17) is 4.74 Å². The van der Waals surface area contributed by atoms with Gasteiger partial charge in [-0.1, -0.05) is 43.7 Å². The van der Waals surface area contributed by atoms with Crippen LogP contribution < -0.4 is 5.32 Å². The summed E-state index contributed by atoms with van der Waals surface area (Å²) < 4.78 is 5.16. The molecule has 152 valence electrons. The fourth-order valence-corrected chi connectivity index (χ4v) is 2.72. The van der Waals surface area contributed by atoms with E-state index in [1.165, 1.54) is 43.3 Å². The molecule has 2 aromatic carbocycles. The molecule has 0 aliphatic rings. The van der Waals surface area contributed by atoms with Crippen LogP contribution >= 0.6 is 0 Å². The van der Waals surface area contributed by atoms with Gasteiger partial charge in [0.1, 0.15) is 0 Å². The Hall–Kier alpha value is -3.48. The van der Waals surface area contributed by atoms with Crippen molar-refractivity contribution in [3.63, 3.8) is 0 Å². The zero-order valence-electron chi connectivity index (χ0n) is 16.4. The van der Waals surface area contributed by atoms with Crippen LogP contribution in [0, 0.1) is 10.1 Å². The van der Waals surface area contributed by atoms with E-state index >= 15 is 0 Å². The minimum atomic E-state index is -0.952. The van der Waals surface area contributed by atoms with Crippen molar-refractivity contribution in [3.05, 3.63) is 81.9 Å². The summed E-state index contributed by atoms with van der Waals surface area (Å²) in [6.45, 7) is 3.55. The molecule has 2 unspecified atom stereocenters. The Labute approximate surface area is 169 Å². The van der Waals surface area contributed by atoms with Crippen molar-refractivity contribution in [1.29, 1.82) is 0 Å². The highest BCUT2D eigenvalue weighted by Crippen LogP contribution is 2.18. The predicted octanol–water partition coefficient (Wildman–Crippen LogP) is 4.20. The minimum Gasteiger partial charge on any atom is -0.449 e. The number of esters is 1. The standard InChI is InChI=1S/C22H24N2O5/c1-3-7-20(18-8-5-4-6-9-18)23-22(26)16(2)29-21(25)15-12-17-10-13-19(14-11-17)24(27)28/h4-6,8-16,20H,3,7H2,1-2H3,(H,23,26)/b15-12+. The van der Waals surface area contributed by atoms with Crippen LogP contribution in [-0.2, 0) is 14.3 Å². The number of rotatable bonds is 9. The maximum absolute atomic E-state index is 12.4. The third-order valence-electron chi connectivity index (χ3n) is 4.27. The molecule has 29 heavy (non-hydrogen) atoms. The van der Waals surface area contributed by atoms with Crippen LogP contribution in [0.4, 0.5) is 5.69 Å². The van der Waals surface area contributed by atoms with Gasteiger partial charge in [-0.2, -0.15) is 0 Å². The maximum Gasteiger partial charge on any atom is 0.331 e. The lowest BCUT2D eigenvalue weighted by Gasteiger charge is -2.21. The van der Waals surface area contributed by atoms with E-state index in [9.17, 15) is 19.7 Å². The van der Waals surface area contributed by atoms with E-state index in [2.05, 4.69) is 5.32 Å². The summed E-state index contributed by atoms with van der Waals surface area (Å²) in [5.41, 5.74) is 1.58. The number of carbonyl (C=O) groups excluding carboxylic acids is 2. The second kappa shape index (κ2) is 10.8. The molecule has 7 heteroatoms. The number of amides is 1. The quantitative estimate of drug-likeness (QED) is 0.296. The number of ether oxygens (including phenoxy) is 1. The Bertz CT molecular complexity index is 863. The Kier molecular flexibility index (Phi) is 8.09. The molecule has 1 amide bonds. The molecule has 0 radical (unpaired) electrons. The van der Waals surface area contributed by atoms with Gasteiger partial charge in [0.2, 0.25) is 0 Å². The summed E-state index contributed by atoms with van der Waals surface area (Å²) in [5, 5.41) is 13.6. The first kappa shape index (κ1) is 21.8. The summed E-state index contributed by atoms with van der Waals surface area (Å²) in [6.07, 6.45) is 3.38. The van der Waals surface area contributed by atoms with Crippen LogP contribution in [0.5, 0.6) is 0 Å². The number of carbonyl (C=O) groups is 2. The number of hydrogen-bond acceptors (Lipinski definition) is 5. The number of nitro groups is 1. The molecule has 0 saturated heterocycles. The van der Waals surface area contributed by atoms with Gasteiger partial charge in [-0.05, 0) is 42.7 Å². The molecule has 0 aromatic heterocycles. The summed E-state index contributed by atoms with van der Waals surface area (Å²) in [6, 6.07) is 15.2. The smallest absolute Gasteiger partial charge is 0.331 e. The Morgan fingerprint density at radius 1 is 1.14 bits per heavy atom. The van der Waals surface area contributed by atoms with Crippen molar-refractivity contribution < 1.29 is 19.2 Å². The average molecular weight is 396 g/mol. The average Bonchev–Trinajstić information content (AvgIpc) is 2.72. The molecule has 0 aliphatic heterocycles. The molecule has 2 rings (SSSR count). The van der Waals surface area contributed by atoms with Gasteiger partial charge in [0.15, 0.2) is 6.10 Å². The van der Waals surface area contributed by atoms with Gasteiger partial charge < -0.3 is 10.1 Å². The highest BCUT2D eigenvalue weighted by molar-refractivity contribution is 5.90. The highest BCUT2D eigenvalue weighted by Gasteiger charge is 2.20. The SMILES string of the molecule is CCCC(NC(=O)C(C)OC(=O)/C=C/c1ccc([N+](=O)[O-])cc1)c1ccccc1. The number of benzene rings is 2. The molecule has 0 heterocycles. The number of nitrogens with one attached hydrogen (secondary N) is 1. The molecular formula is C22H24N2O5. The van der Waals surface area contributed by atoms with Gasteiger partial charge in [-0.15, -0.1) is 0 Å². The molecule has 2 aromatic rings. The van der Waals surface area contributed by atoms with E-state index in [1.54, 1.807) is 0 Å². The van der Waals surface area contributed by atoms with Gasteiger partial charge in [0.05, 0.1) is 11.0 Å². The zero-order chi connectivity index (χ0) is 21.2. The normalized spacial score (nSPS) is 12.9. The summed E-state index contributed by atoms with van der Waals surface area (Å²) in [4.78, 5) is 34.6. The van der Waals surface area contributed by atoms with E-state index in [1.807, 2.05) is 37.3 Å². The van der Waals surface area contributed by atoms with Crippen molar-refractivity contribution >= 4 is 23.6 Å². The third-order valence-corrected chi connectivity index (χ3v) is 4.27. The highest BCUT2D eigenvalue weighted by atomic mass is 16.6. The Balaban J connectivity index is 1.92. The van der Waals surface area contributed by atoms with Gasteiger partial charge in [0, 0.05) is 18.2 Å². The van der Waals surface area contributed by atoms with Crippen LogP contribution in [0.1, 0.15) is 43.9 Å². The van der Waals surface area contributed by atoms with Crippen molar-refractivity contribution in [1.82, 2.24) is 5.32 Å². The van der Waals surface area contributed by atoms with Crippen molar-refractivity contribution in [2.75, 3.05) is 0 Å². The second-order valence-corrected chi connectivity index (χ2v) is 6.52. The monoisotopic (exact) mass is 396 g/mol. The molecule has 0 aliphatic carbocycles. The van der Waals surface area contributed by atoms with Gasteiger partial charge in [0.25, 0.3) is 11.6 Å². The number of nitro benzene ring substituents is 1. The first-order chi connectivity index (χ1) is 13.9. The molecule has 7 nitrogen and oxygen atoms in total. The van der Waals surface area contributed by atoms with E-state index in [-0.39, 0.29) is 17.6 Å². The number of non-ortho nitro benzene ring substituents is 1. The van der Waals surface area contributed by atoms with Crippen LogP contribution in [0.2, 0.25) is 0 Å². The molecule has 2 atom stereocenters. The van der Waals surface area contributed by atoms with Crippen molar-refractivity contribution in [3.8, 4) is 0 Å². The van der Waals surface area contributed by atoms with Gasteiger partial charge >= 0.3 is 5.97 Å². The van der Waals surface area contributed by atoms with Crippen LogP contribution in [0.3, 0.4) is 0 Å². The van der Waals surface area contributed by atoms with Gasteiger partial charge in [-0.3, -0.25) is 14.9 Å². The van der Waals surface area contributed by atoms with E-state index < -0.39 is 17.0 Å². The Morgan fingerprint density at radius 2 is 1.79 bits per heavy atom. The topological polar surface area (TPSA) is 98.5 Å². The number of hydrogen-bond donors (Lipinski definition) is 1. The van der Waals surface area contributed by atoms with Gasteiger partial charge in [-0.25, -0.2) is 4.79 Å². The maximum atomic E-state index is 12.4. The summed E-state index contributed by atoms with van der Waals surface area (Å²) >= 11 is 0.